The number of hydrogen-bond donors (Lipinski definition) is 1. The molecule has 1 heterocycles. The topological polar surface area (TPSA) is 24.9 Å². The van der Waals surface area contributed by atoms with Gasteiger partial charge in [0.15, 0.2) is 0 Å². The SMILES string of the molecule is CNC(C)(Cc1ccccc1)c1nc2c(s1)CCC2. The molecule has 0 saturated heterocycles. The second kappa shape index (κ2) is 5.06. The number of aryl methyl sites for hydroxylation is 2. The number of hydrogen-bond acceptors (Lipinski definition) is 3. The number of aromatic nitrogens is 1. The summed E-state index contributed by atoms with van der Waals surface area (Å²) in [6.45, 7) is 2.26. The maximum Gasteiger partial charge on any atom is 0.113 e. The zero-order valence-electron chi connectivity index (χ0n) is 11.6. The molecule has 1 unspecified atom stereocenters. The van der Waals surface area contributed by atoms with Gasteiger partial charge in [0.25, 0.3) is 0 Å². The van der Waals surface area contributed by atoms with Crippen molar-refractivity contribution in [3.05, 3.63) is 51.5 Å². The predicted molar refractivity (Wildman–Crippen MR) is 80.7 cm³/mol. The Morgan fingerprint density at radius 2 is 2.05 bits per heavy atom. The van der Waals surface area contributed by atoms with Crippen molar-refractivity contribution in [3.8, 4) is 0 Å². The van der Waals surface area contributed by atoms with Gasteiger partial charge < -0.3 is 5.32 Å². The lowest BCUT2D eigenvalue weighted by Gasteiger charge is -2.27. The van der Waals surface area contributed by atoms with Gasteiger partial charge in [0, 0.05) is 4.88 Å². The Labute approximate surface area is 118 Å². The summed E-state index contributed by atoms with van der Waals surface area (Å²) in [5, 5.41) is 4.72. The summed E-state index contributed by atoms with van der Waals surface area (Å²) in [4.78, 5) is 6.39. The summed E-state index contributed by atoms with van der Waals surface area (Å²) in [5.74, 6) is 0. The minimum atomic E-state index is -0.0592. The van der Waals surface area contributed by atoms with Crippen LogP contribution in [0.15, 0.2) is 30.3 Å². The van der Waals surface area contributed by atoms with Crippen molar-refractivity contribution in [1.82, 2.24) is 10.3 Å². The van der Waals surface area contributed by atoms with Gasteiger partial charge in [0.1, 0.15) is 5.01 Å². The van der Waals surface area contributed by atoms with Gasteiger partial charge in [-0.05, 0) is 45.2 Å². The molecule has 2 aromatic rings. The predicted octanol–water partition coefficient (Wildman–Crippen LogP) is 3.31. The van der Waals surface area contributed by atoms with Gasteiger partial charge in [-0.1, -0.05) is 30.3 Å². The van der Waals surface area contributed by atoms with Crippen molar-refractivity contribution < 1.29 is 0 Å². The van der Waals surface area contributed by atoms with Crippen molar-refractivity contribution in [1.29, 1.82) is 0 Å². The van der Waals surface area contributed by atoms with Crippen LogP contribution in [0.25, 0.3) is 0 Å². The largest absolute Gasteiger partial charge is 0.308 e. The smallest absolute Gasteiger partial charge is 0.113 e. The second-order valence-electron chi connectivity index (χ2n) is 5.49. The number of benzene rings is 1. The lowest BCUT2D eigenvalue weighted by atomic mass is 9.93. The summed E-state index contributed by atoms with van der Waals surface area (Å²) in [6.07, 6.45) is 4.65. The van der Waals surface area contributed by atoms with E-state index in [1.165, 1.54) is 34.0 Å². The highest BCUT2D eigenvalue weighted by molar-refractivity contribution is 7.12. The van der Waals surface area contributed by atoms with Crippen LogP contribution in [0.5, 0.6) is 0 Å². The summed E-state index contributed by atoms with van der Waals surface area (Å²) >= 11 is 1.90. The molecular formula is C16H20N2S. The molecule has 2 nitrogen and oxygen atoms in total. The average Bonchev–Trinajstić information content (AvgIpc) is 3.00. The molecule has 1 atom stereocenters. The molecule has 1 aliphatic rings. The van der Waals surface area contributed by atoms with Gasteiger partial charge >= 0.3 is 0 Å². The van der Waals surface area contributed by atoms with E-state index in [2.05, 4.69) is 42.6 Å². The Kier molecular flexibility index (Phi) is 3.42. The number of rotatable bonds is 4. The summed E-state index contributed by atoms with van der Waals surface area (Å²) in [7, 11) is 2.04. The minimum absolute atomic E-state index is 0.0592. The maximum absolute atomic E-state index is 4.89. The monoisotopic (exact) mass is 272 g/mol. The van der Waals surface area contributed by atoms with Crippen LogP contribution in [-0.2, 0) is 24.8 Å². The van der Waals surface area contributed by atoms with Crippen LogP contribution in [0, 0.1) is 0 Å². The van der Waals surface area contributed by atoms with E-state index in [0.29, 0.717) is 0 Å². The van der Waals surface area contributed by atoms with Gasteiger partial charge in [-0.25, -0.2) is 4.98 Å². The molecule has 0 aliphatic heterocycles. The standard InChI is InChI=1S/C16H20N2S/c1-16(17-2,11-12-7-4-3-5-8-12)15-18-13-9-6-10-14(13)19-15/h3-5,7-8,17H,6,9-11H2,1-2H3. The van der Waals surface area contributed by atoms with Crippen LogP contribution in [0.4, 0.5) is 0 Å². The lowest BCUT2D eigenvalue weighted by Crippen LogP contribution is -2.39. The Morgan fingerprint density at radius 1 is 1.26 bits per heavy atom. The first kappa shape index (κ1) is 12.8. The van der Waals surface area contributed by atoms with Crippen molar-refractivity contribution in [2.24, 2.45) is 0 Å². The highest BCUT2D eigenvalue weighted by atomic mass is 32.1. The number of nitrogens with one attached hydrogen (secondary N) is 1. The van der Waals surface area contributed by atoms with Crippen LogP contribution in [0.3, 0.4) is 0 Å². The quantitative estimate of drug-likeness (QED) is 0.923. The first-order valence-corrected chi connectivity index (χ1v) is 7.75. The first-order chi connectivity index (χ1) is 9.21. The van der Waals surface area contributed by atoms with E-state index in [-0.39, 0.29) is 5.54 Å². The molecule has 1 aliphatic carbocycles. The Morgan fingerprint density at radius 3 is 2.74 bits per heavy atom. The Balaban J connectivity index is 1.89. The highest BCUT2D eigenvalue weighted by Gasteiger charge is 2.30. The molecule has 3 heteroatoms. The van der Waals surface area contributed by atoms with Gasteiger partial charge in [-0.2, -0.15) is 0 Å². The molecule has 1 aromatic carbocycles. The van der Waals surface area contributed by atoms with Gasteiger partial charge in [0.2, 0.25) is 0 Å². The van der Waals surface area contributed by atoms with E-state index in [1.54, 1.807) is 0 Å². The average molecular weight is 272 g/mol. The first-order valence-electron chi connectivity index (χ1n) is 6.93. The van der Waals surface area contributed by atoms with Crippen molar-refractivity contribution in [3.63, 3.8) is 0 Å². The van der Waals surface area contributed by atoms with Crippen LogP contribution < -0.4 is 5.32 Å². The highest BCUT2D eigenvalue weighted by Crippen LogP contribution is 2.34. The van der Waals surface area contributed by atoms with E-state index in [4.69, 9.17) is 4.98 Å². The molecule has 1 aromatic heterocycles. The van der Waals surface area contributed by atoms with Crippen molar-refractivity contribution in [2.75, 3.05) is 7.05 Å². The van der Waals surface area contributed by atoms with Crippen LogP contribution in [0.1, 0.15) is 34.5 Å². The molecule has 0 spiro atoms. The summed E-state index contributed by atoms with van der Waals surface area (Å²) in [6, 6.07) is 10.7. The number of fused-ring (bicyclic) bond motifs is 1. The van der Waals surface area contributed by atoms with Gasteiger partial charge in [-0.15, -0.1) is 11.3 Å². The fourth-order valence-electron chi connectivity index (χ4n) is 2.70. The third kappa shape index (κ3) is 2.45. The maximum atomic E-state index is 4.89. The summed E-state index contributed by atoms with van der Waals surface area (Å²) in [5.41, 5.74) is 2.64. The van der Waals surface area contributed by atoms with E-state index < -0.39 is 0 Å². The zero-order valence-corrected chi connectivity index (χ0v) is 12.4. The van der Waals surface area contributed by atoms with Crippen LogP contribution in [-0.4, -0.2) is 12.0 Å². The lowest BCUT2D eigenvalue weighted by molar-refractivity contribution is 0.394. The third-order valence-electron chi connectivity index (χ3n) is 4.02. The number of thiazole rings is 1. The molecule has 0 saturated carbocycles. The molecule has 0 bridgehead atoms. The Bertz CT molecular complexity index is 540. The molecule has 19 heavy (non-hydrogen) atoms. The van der Waals surface area contributed by atoms with Crippen molar-refractivity contribution in [2.45, 2.75) is 38.1 Å². The van der Waals surface area contributed by atoms with E-state index in [0.717, 1.165) is 12.8 Å². The third-order valence-corrected chi connectivity index (χ3v) is 5.44. The number of nitrogens with zero attached hydrogens (tertiary/aromatic N) is 1. The van der Waals surface area contributed by atoms with Crippen LogP contribution >= 0.6 is 11.3 Å². The minimum Gasteiger partial charge on any atom is -0.308 e. The molecule has 3 rings (SSSR count). The van der Waals surface area contributed by atoms with Gasteiger partial charge in [0.05, 0.1) is 11.2 Å². The van der Waals surface area contributed by atoms with Crippen LogP contribution in [0.2, 0.25) is 0 Å². The van der Waals surface area contributed by atoms with E-state index in [9.17, 15) is 0 Å². The fraction of sp³-hybridized carbons (Fsp3) is 0.438. The number of likely N-dealkylation sites (N-methyl/N-ethyl adjacent to an activating group) is 1. The van der Waals surface area contributed by atoms with Crippen molar-refractivity contribution >= 4 is 11.3 Å². The molecule has 0 radical (unpaired) electrons. The Hall–Kier alpha value is -1.19. The normalized spacial score (nSPS) is 17.2. The van der Waals surface area contributed by atoms with Gasteiger partial charge in [-0.3, -0.25) is 0 Å². The van der Waals surface area contributed by atoms with E-state index in [1.807, 2.05) is 18.4 Å². The molecule has 0 fully saturated rings. The van der Waals surface area contributed by atoms with E-state index >= 15 is 0 Å². The fourth-order valence-corrected chi connectivity index (χ4v) is 4.00. The molecule has 100 valence electrons. The second-order valence-corrected chi connectivity index (χ2v) is 6.57. The zero-order chi connectivity index (χ0) is 13.3. The summed E-state index contributed by atoms with van der Waals surface area (Å²) < 4.78 is 0. The molecule has 1 N–H and O–H groups in total. The molecular weight excluding hydrogens is 252 g/mol. The molecule has 0 amide bonds.